The van der Waals surface area contributed by atoms with Crippen LogP contribution in [0.2, 0.25) is 0 Å². The summed E-state index contributed by atoms with van der Waals surface area (Å²) in [6.45, 7) is 5.85. The van der Waals surface area contributed by atoms with Crippen molar-refractivity contribution < 1.29 is 8.42 Å². The molecule has 2 atom stereocenters. The van der Waals surface area contributed by atoms with E-state index in [0.717, 1.165) is 36.1 Å². The van der Waals surface area contributed by atoms with Crippen molar-refractivity contribution >= 4 is 21.1 Å². The minimum atomic E-state index is -3.46. The molecule has 1 aromatic heterocycles. The first kappa shape index (κ1) is 14.5. The fraction of sp³-hybridized carbons (Fsp3) is 0.533. The number of aryl methyl sites for hydroxylation is 1. The van der Waals surface area contributed by atoms with Gasteiger partial charge in [0.05, 0.1) is 15.9 Å². The zero-order chi connectivity index (χ0) is 15.2. The minimum Gasteiger partial charge on any atom is -0.342 e. The van der Waals surface area contributed by atoms with Crippen molar-refractivity contribution in [3.05, 3.63) is 24.0 Å². The number of nitrogens with one attached hydrogen (secondary N) is 1. The maximum absolute atomic E-state index is 13.0. The van der Waals surface area contributed by atoms with Gasteiger partial charge in [-0.3, -0.25) is 0 Å². The lowest BCUT2D eigenvalue weighted by molar-refractivity contribution is 0.204. The Morgan fingerprint density at radius 2 is 1.90 bits per heavy atom. The van der Waals surface area contributed by atoms with Crippen molar-refractivity contribution in [3.8, 4) is 0 Å². The van der Waals surface area contributed by atoms with Gasteiger partial charge in [0.15, 0.2) is 0 Å². The van der Waals surface area contributed by atoms with E-state index in [1.165, 1.54) is 0 Å². The fourth-order valence-electron chi connectivity index (χ4n) is 3.27. The summed E-state index contributed by atoms with van der Waals surface area (Å²) in [6.07, 6.45) is 2.94. The molecule has 1 fully saturated rings. The predicted octanol–water partition coefficient (Wildman–Crippen LogP) is 2.82. The van der Waals surface area contributed by atoms with Crippen LogP contribution in [-0.2, 0) is 10.0 Å². The van der Waals surface area contributed by atoms with Crippen LogP contribution in [0, 0.1) is 6.92 Å². The van der Waals surface area contributed by atoms with Gasteiger partial charge in [-0.25, -0.2) is 13.4 Å². The van der Waals surface area contributed by atoms with Gasteiger partial charge in [-0.1, -0.05) is 6.42 Å². The van der Waals surface area contributed by atoms with Gasteiger partial charge < -0.3 is 4.98 Å². The molecule has 21 heavy (non-hydrogen) atoms. The Labute approximate surface area is 125 Å². The topological polar surface area (TPSA) is 66.1 Å². The number of nitrogens with zero attached hydrogens (tertiary/aromatic N) is 2. The first-order valence-corrected chi connectivity index (χ1v) is 8.83. The quantitative estimate of drug-likeness (QED) is 0.927. The molecule has 2 unspecified atom stereocenters. The van der Waals surface area contributed by atoms with Gasteiger partial charge in [0, 0.05) is 12.1 Å². The molecule has 0 spiro atoms. The van der Waals surface area contributed by atoms with Gasteiger partial charge in [-0.15, -0.1) is 0 Å². The molecular formula is C15H21N3O2S. The standard InChI is InChI=1S/C15H21N3O2S/c1-10-5-4-6-11(2)18(10)21(19,20)13-7-8-14-15(9-13)17-12(3)16-14/h7-11H,4-6H2,1-3H3,(H,16,17). The Hall–Kier alpha value is -1.40. The molecule has 0 bridgehead atoms. The van der Waals surface area contributed by atoms with Crippen molar-refractivity contribution in [3.63, 3.8) is 0 Å². The van der Waals surface area contributed by atoms with Crippen LogP contribution in [0.25, 0.3) is 11.0 Å². The zero-order valence-corrected chi connectivity index (χ0v) is 13.4. The first-order valence-electron chi connectivity index (χ1n) is 7.39. The van der Waals surface area contributed by atoms with Crippen molar-refractivity contribution in [1.29, 1.82) is 0 Å². The van der Waals surface area contributed by atoms with Gasteiger partial charge in [0.25, 0.3) is 0 Å². The number of aromatic amines is 1. The number of H-pyrrole nitrogens is 1. The Morgan fingerprint density at radius 3 is 2.57 bits per heavy atom. The van der Waals surface area contributed by atoms with E-state index in [1.807, 2.05) is 20.8 Å². The Balaban J connectivity index is 2.06. The monoisotopic (exact) mass is 307 g/mol. The van der Waals surface area contributed by atoms with Crippen LogP contribution in [-0.4, -0.2) is 34.8 Å². The molecule has 5 nitrogen and oxygen atoms in total. The summed E-state index contributed by atoms with van der Waals surface area (Å²) in [5.41, 5.74) is 1.57. The van der Waals surface area contributed by atoms with Crippen molar-refractivity contribution in [2.75, 3.05) is 0 Å². The highest BCUT2D eigenvalue weighted by Crippen LogP contribution is 2.30. The molecule has 2 heterocycles. The van der Waals surface area contributed by atoms with Gasteiger partial charge in [0.2, 0.25) is 10.0 Å². The molecule has 1 aliphatic heterocycles. The predicted molar refractivity (Wildman–Crippen MR) is 82.6 cm³/mol. The Morgan fingerprint density at radius 1 is 1.24 bits per heavy atom. The van der Waals surface area contributed by atoms with Gasteiger partial charge >= 0.3 is 0 Å². The number of fused-ring (bicyclic) bond motifs is 1. The summed E-state index contributed by atoms with van der Waals surface area (Å²) in [5.74, 6) is 0.791. The minimum absolute atomic E-state index is 0.0537. The lowest BCUT2D eigenvalue weighted by Gasteiger charge is -2.37. The summed E-state index contributed by atoms with van der Waals surface area (Å²) in [7, 11) is -3.46. The number of rotatable bonds is 2. The van der Waals surface area contributed by atoms with Crippen molar-refractivity contribution in [2.45, 2.75) is 57.0 Å². The zero-order valence-electron chi connectivity index (χ0n) is 12.6. The van der Waals surface area contributed by atoms with Crippen molar-refractivity contribution in [1.82, 2.24) is 14.3 Å². The van der Waals surface area contributed by atoms with Crippen LogP contribution in [0.5, 0.6) is 0 Å². The van der Waals surface area contributed by atoms with E-state index in [2.05, 4.69) is 9.97 Å². The summed E-state index contributed by atoms with van der Waals surface area (Å²) < 4.78 is 27.6. The van der Waals surface area contributed by atoms with Crippen LogP contribution in [0.3, 0.4) is 0 Å². The number of aromatic nitrogens is 2. The van der Waals surface area contributed by atoms with Crippen LogP contribution in [0.15, 0.2) is 23.1 Å². The average Bonchev–Trinajstić information content (AvgIpc) is 2.77. The smallest absolute Gasteiger partial charge is 0.243 e. The summed E-state index contributed by atoms with van der Waals surface area (Å²) in [4.78, 5) is 7.76. The molecule has 6 heteroatoms. The summed E-state index contributed by atoms with van der Waals surface area (Å²) >= 11 is 0. The molecule has 3 rings (SSSR count). The lowest BCUT2D eigenvalue weighted by atomic mass is 10.0. The van der Waals surface area contributed by atoms with Crippen LogP contribution < -0.4 is 0 Å². The van der Waals surface area contributed by atoms with E-state index in [9.17, 15) is 8.42 Å². The molecule has 0 radical (unpaired) electrons. The second kappa shape index (κ2) is 5.10. The van der Waals surface area contributed by atoms with Crippen LogP contribution in [0.1, 0.15) is 38.9 Å². The number of piperidine rings is 1. The fourth-order valence-corrected chi connectivity index (χ4v) is 5.18. The number of benzene rings is 1. The van der Waals surface area contributed by atoms with E-state index >= 15 is 0 Å². The molecule has 0 amide bonds. The second-order valence-corrected chi connectivity index (χ2v) is 7.81. The molecule has 2 aromatic rings. The lowest BCUT2D eigenvalue weighted by Crippen LogP contribution is -2.47. The van der Waals surface area contributed by atoms with Gasteiger partial charge in [-0.2, -0.15) is 4.31 Å². The maximum Gasteiger partial charge on any atom is 0.243 e. The van der Waals surface area contributed by atoms with Crippen LogP contribution in [0.4, 0.5) is 0 Å². The third-order valence-electron chi connectivity index (χ3n) is 4.26. The number of hydrogen-bond donors (Lipinski definition) is 1. The van der Waals surface area contributed by atoms with E-state index in [1.54, 1.807) is 22.5 Å². The number of hydrogen-bond acceptors (Lipinski definition) is 3. The molecule has 0 saturated carbocycles. The molecule has 0 aliphatic carbocycles. The normalized spacial score (nSPS) is 24.5. The number of sulfonamides is 1. The molecule has 1 saturated heterocycles. The van der Waals surface area contributed by atoms with E-state index in [-0.39, 0.29) is 12.1 Å². The third kappa shape index (κ3) is 2.46. The van der Waals surface area contributed by atoms with Crippen molar-refractivity contribution in [2.24, 2.45) is 0 Å². The van der Waals surface area contributed by atoms with Gasteiger partial charge in [-0.05, 0) is 51.8 Å². The SMILES string of the molecule is Cc1nc2ccc(S(=O)(=O)N3C(C)CCCC3C)cc2[nH]1. The molecule has 1 N–H and O–H groups in total. The van der Waals surface area contributed by atoms with Crippen LogP contribution >= 0.6 is 0 Å². The van der Waals surface area contributed by atoms with E-state index in [4.69, 9.17) is 0 Å². The first-order chi connectivity index (χ1) is 9.89. The molecule has 1 aromatic carbocycles. The Bertz CT molecular complexity index is 756. The highest BCUT2D eigenvalue weighted by molar-refractivity contribution is 7.89. The number of imidazole rings is 1. The van der Waals surface area contributed by atoms with E-state index < -0.39 is 10.0 Å². The Kier molecular flexibility index (Phi) is 3.53. The summed E-state index contributed by atoms with van der Waals surface area (Å²) in [6, 6.07) is 5.23. The molecular weight excluding hydrogens is 286 g/mol. The largest absolute Gasteiger partial charge is 0.342 e. The summed E-state index contributed by atoms with van der Waals surface area (Å²) in [5, 5.41) is 0. The average molecular weight is 307 g/mol. The molecule has 1 aliphatic rings. The second-order valence-electron chi connectivity index (χ2n) is 5.97. The highest BCUT2D eigenvalue weighted by Gasteiger charge is 2.35. The van der Waals surface area contributed by atoms with E-state index in [0.29, 0.717) is 4.90 Å². The third-order valence-corrected chi connectivity index (χ3v) is 6.38. The maximum atomic E-state index is 13.0. The molecule has 114 valence electrons. The highest BCUT2D eigenvalue weighted by atomic mass is 32.2. The van der Waals surface area contributed by atoms with Gasteiger partial charge in [0.1, 0.15) is 5.82 Å².